The minimum absolute atomic E-state index is 0.0145. The Hall–Kier alpha value is -5.62. The first-order valence-corrected chi connectivity index (χ1v) is 18.9. The van der Waals surface area contributed by atoms with Gasteiger partial charge in [0.25, 0.3) is 0 Å². The van der Waals surface area contributed by atoms with Crippen LogP contribution in [0.3, 0.4) is 0 Å². The lowest BCUT2D eigenvalue weighted by atomic mass is 9.97. The maximum atomic E-state index is 13.9. The number of amides is 1. The van der Waals surface area contributed by atoms with E-state index in [1.54, 1.807) is 72.8 Å². The summed E-state index contributed by atoms with van der Waals surface area (Å²) in [4.78, 5) is 34.2. The molecule has 0 aromatic heterocycles. The number of benzene rings is 5. The molecule has 6 rings (SSSR count). The molecule has 0 aliphatic carbocycles. The van der Waals surface area contributed by atoms with Crippen molar-refractivity contribution >= 4 is 33.3 Å². The summed E-state index contributed by atoms with van der Waals surface area (Å²) >= 11 is 0. The van der Waals surface area contributed by atoms with Gasteiger partial charge >= 0.3 is 5.97 Å². The first kappa shape index (κ1) is 37.1. The molecule has 3 N–H and O–H groups in total. The molecule has 3 atom stereocenters. The van der Waals surface area contributed by atoms with E-state index in [1.807, 2.05) is 55.5 Å². The number of hydrogen-bond acceptors (Lipinski definition) is 7. The van der Waals surface area contributed by atoms with Crippen LogP contribution in [0, 0.1) is 6.92 Å². The highest BCUT2D eigenvalue weighted by atomic mass is 32.2. The number of carbonyl (C=O) groups excluding carboxylic acids is 1. The number of ether oxygens (including phenoxy) is 1. The van der Waals surface area contributed by atoms with Crippen molar-refractivity contribution in [1.29, 1.82) is 0 Å². The molecule has 5 aromatic carbocycles. The standard InChI is InChI=1S/C42H42N4O6S/c1-29-19-25-34(26-20-29)53(50,51)45-39(32-21-23-33(52-2)24-22-32)40(42(48)49)44-38(31-14-7-4-8-15-31)35-16-9-10-17-36(35)43-41(47)37-18-11-27-46(37)28-30-12-5-3-6-13-30/h3-10,12-17,19-26,37,39-40,45H,11,18,27-28H2,1-2H3,(H,43,47)(H,48,49)/t37-,39+,40-/m1/s1. The molecule has 0 spiro atoms. The SMILES string of the molecule is COc1ccc([C@H](NS(=O)(=O)c2ccc(C)cc2)[C@@H](N=C(c2ccccc2)c2ccccc2NC(=O)[C@H]2CCCN2Cc2ccccc2)C(=O)O)cc1. The second-order valence-electron chi connectivity index (χ2n) is 13.0. The number of aliphatic carboxylic acids is 1. The van der Waals surface area contributed by atoms with Crippen molar-refractivity contribution in [3.63, 3.8) is 0 Å². The molecule has 5 aromatic rings. The normalized spacial score (nSPS) is 16.1. The van der Waals surface area contributed by atoms with Gasteiger partial charge in [0.2, 0.25) is 15.9 Å². The van der Waals surface area contributed by atoms with Gasteiger partial charge in [-0.15, -0.1) is 0 Å². The monoisotopic (exact) mass is 730 g/mol. The largest absolute Gasteiger partial charge is 0.497 e. The Morgan fingerprint density at radius 1 is 0.868 bits per heavy atom. The van der Waals surface area contributed by atoms with E-state index < -0.39 is 28.1 Å². The Kier molecular flexibility index (Phi) is 11.8. The van der Waals surface area contributed by atoms with Crippen LogP contribution in [0.4, 0.5) is 5.69 Å². The number of nitrogens with one attached hydrogen (secondary N) is 2. The zero-order valence-electron chi connectivity index (χ0n) is 29.6. The number of anilines is 1. The van der Waals surface area contributed by atoms with E-state index in [-0.39, 0.29) is 22.6 Å². The Morgan fingerprint density at radius 3 is 2.17 bits per heavy atom. The lowest BCUT2D eigenvalue weighted by Gasteiger charge is -2.26. The fraction of sp³-hybridized carbons (Fsp3) is 0.214. The molecule has 1 amide bonds. The molecule has 10 nitrogen and oxygen atoms in total. The van der Waals surface area contributed by atoms with Gasteiger partial charge in [0, 0.05) is 17.7 Å². The first-order chi connectivity index (χ1) is 25.6. The van der Waals surface area contributed by atoms with Crippen molar-refractivity contribution in [3.8, 4) is 5.75 Å². The Morgan fingerprint density at radius 2 is 1.51 bits per heavy atom. The Labute approximate surface area is 310 Å². The number of hydrogen-bond donors (Lipinski definition) is 3. The van der Waals surface area contributed by atoms with E-state index in [0.717, 1.165) is 24.1 Å². The molecule has 1 fully saturated rings. The maximum Gasteiger partial charge on any atom is 0.330 e. The van der Waals surface area contributed by atoms with E-state index >= 15 is 0 Å². The van der Waals surface area contributed by atoms with Gasteiger partial charge in [-0.05, 0) is 67.8 Å². The van der Waals surface area contributed by atoms with Crippen molar-refractivity contribution in [2.75, 3.05) is 19.0 Å². The molecule has 0 unspecified atom stereocenters. The lowest BCUT2D eigenvalue weighted by Crippen LogP contribution is -2.40. The van der Waals surface area contributed by atoms with Gasteiger partial charge < -0.3 is 15.2 Å². The first-order valence-electron chi connectivity index (χ1n) is 17.4. The fourth-order valence-corrected chi connectivity index (χ4v) is 7.76. The van der Waals surface area contributed by atoms with Crippen molar-refractivity contribution in [2.24, 2.45) is 4.99 Å². The van der Waals surface area contributed by atoms with Crippen LogP contribution in [0.15, 0.2) is 143 Å². The van der Waals surface area contributed by atoms with E-state index in [2.05, 4.69) is 14.9 Å². The van der Waals surface area contributed by atoms with Crippen LogP contribution in [-0.2, 0) is 26.2 Å². The number of aliphatic imine (C=N–C) groups is 1. The number of methoxy groups -OCH3 is 1. The summed E-state index contributed by atoms with van der Waals surface area (Å²) in [6.45, 7) is 3.28. The van der Waals surface area contributed by atoms with Crippen LogP contribution in [0.1, 0.15) is 46.7 Å². The maximum absolute atomic E-state index is 13.9. The van der Waals surface area contributed by atoms with Gasteiger partial charge in [-0.2, -0.15) is 0 Å². The van der Waals surface area contributed by atoms with Crippen molar-refractivity contribution in [2.45, 2.75) is 49.3 Å². The van der Waals surface area contributed by atoms with Crippen LogP contribution < -0.4 is 14.8 Å². The number of nitrogens with zero attached hydrogens (tertiary/aromatic N) is 2. The third-order valence-electron chi connectivity index (χ3n) is 9.31. The zero-order chi connectivity index (χ0) is 37.4. The quantitative estimate of drug-likeness (QED) is 0.109. The summed E-state index contributed by atoms with van der Waals surface area (Å²) in [6.07, 6.45) is 1.58. The topological polar surface area (TPSA) is 137 Å². The Bertz CT molecular complexity index is 2160. The summed E-state index contributed by atoms with van der Waals surface area (Å²) in [6, 6.07) is 35.7. The average molecular weight is 731 g/mol. The Balaban J connectivity index is 1.41. The molecular weight excluding hydrogens is 689 g/mol. The number of carboxylic acids is 1. The van der Waals surface area contributed by atoms with E-state index in [0.29, 0.717) is 41.1 Å². The number of aryl methyl sites for hydroxylation is 1. The number of likely N-dealkylation sites (tertiary alicyclic amines) is 1. The second-order valence-corrected chi connectivity index (χ2v) is 14.7. The number of carboxylic acid groups (broad SMARTS) is 1. The summed E-state index contributed by atoms with van der Waals surface area (Å²) in [5.41, 5.74) is 4.16. The van der Waals surface area contributed by atoms with E-state index in [9.17, 15) is 23.1 Å². The molecule has 1 heterocycles. The second kappa shape index (κ2) is 16.8. The van der Waals surface area contributed by atoms with Crippen LogP contribution in [0.5, 0.6) is 5.75 Å². The van der Waals surface area contributed by atoms with Gasteiger partial charge in [-0.3, -0.25) is 14.7 Å². The summed E-state index contributed by atoms with van der Waals surface area (Å²) in [5, 5.41) is 13.9. The van der Waals surface area contributed by atoms with Crippen LogP contribution >= 0.6 is 0 Å². The summed E-state index contributed by atoms with van der Waals surface area (Å²) < 4.78 is 35.6. The highest BCUT2D eigenvalue weighted by molar-refractivity contribution is 7.89. The molecule has 1 saturated heterocycles. The van der Waals surface area contributed by atoms with Crippen LogP contribution in [0.25, 0.3) is 0 Å². The average Bonchev–Trinajstić information content (AvgIpc) is 3.64. The third-order valence-corrected chi connectivity index (χ3v) is 10.8. The summed E-state index contributed by atoms with van der Waals surface area (Å²) in [5.74, 6) is -1.01. The summed E-state index contributed by atoms with van der Waals surface area (Å²) in [7, 11) is -2.71. The van der Waals surface area contributed by atoms with Crippen molar-refractivity contribution in [1.82, 2.24) is 9.62 Å². The van der Waals surface area contributed by atoms with Crippen molar-refractivity contribution < 1.29 is 27.9 Å². The molecule has 0 bridgehead atoms. The highest BCUT2D eigenvalue weighted by Crippen LogP contribution is 2.29. The van der Waals surface area contributed by atoms with E-state index in [4.69, 9.17) is 9.73 Å². The minimum atomic E-state index is -4.22. The molecule has 1 aliphatic rings. The smallest absolute Gasteiger partial charge is 0.330 e. The van der Waals surface area contributed by atoms with Gasteiger partial charge in [-0.25, -0.2) is 17.9 Å². The van der Waals surface area contributed by atoms with Gasteiger partial charge in [0.15, 0.2) is 6.04 Å². The third kappa shape index (κ3) is 9.07. The molecule has 272 valence electrons. The van der Waals surface area contributed by atoms with E-state index in [1.165, 1.54) is 19.2 Å². The fourth-order valence-electron chi connectivity index (χ4n) is 6.53. The highest BCUT2D eigenvalue weighted by Gasteiger charge is 2.35. The van der Waals surface area contributed by atoms with Gasteiger partial charge in [0.1, 0.15) is 5.75 Å². The van der Waals surface area contributed by atoms with Gasteiger partial charge in [-0.1, -0.05) is 109 Å². The molecule has 0 saturated carbocycles. The molecule has 53 heavy (non-hydrogen) atoms. The number of rotatable bonds is 14. The number of sulfonamides is 1. The molecule has 11 heteroatoms. The molecular formula is C42H42N4O6S. The number of carbonyl (C=O) groups is 2. The lowest BCUT2D eigenvalue weighted by molar-refractivity contribution is -0.139. The predicted molar refractivity (Wildman–Crippen MR) is 206 cm³/mol. The molecule has 1 aliphatic heterocycles. The van der Waals surface area contributed by atoms with Crippen LogP contribution in [0.2, 0.25) is 0 Å². The van der Waals surface area contributed by atoms with Gasteiger partial charge in [0.05, 0.1) is 35.5 Å². The molecule has 0 radical (unpaired) electrons. The number of para-hydroxylation sites is 1. The minimum Gasteiger partial charge on any atom is -0.497 e. The van der Waals surface area contributed by atoms with Crippen molar-refractivity contribution in [3.05, 3.63) is 161 Å². The predicted octanol–water partition coefficient (Wildman–Crippen LogP) is 6.62. The van der Waals surface area contributed by atoms with Crippen LogP contribution in [-0.4, -0.2) is 61.8 Å². The zero-order valence-corrected chi connectivity index (χ0v) is 30.4.